The predicted octanol–water partition coefficient (Wildman–Crippen LogP) is 1.69. The van der Waals surface area contributed by atoms with Crippen LogP contribution < -0.4 is 5.73 Å². The number of hydrogen-bond acceptors (Lipinski definition) is 5. The molecule has 1 aliphatic carbocycles. The highest BCUT2D eigenvalue weighted by Crippen LogP contribution is 2.46. The number of carbonyl (C=O) groups excluding carboxylic acids is 1. The highest BCUT2D eigenvalue weighted by atomic mass is 16.7. The zero-order valence-corrected chi connectivity index (χ0v) is 13.0. The second kappa shape index (κ2) is 5.62. The van der Waals surface area contributed by atoms with Crippen molar-refractivity contribution in [3.05, 3.63) is 0 Å². The molecule has 2 fully saturated rings. The first kappa shape index (κ1) is 15.7. The van der Waals surface area contributed by atoms with Crippen LogP contribution >= 0.6 is 0 Å². The monoisotopic (exact) mass is 285 g/mol. The number of esters is 1. The molecule has 2 rings (SSSR count). The van der Waals surface area contributed by atoms with E-state index in [2.05, 4.69) is 20.8 Å². The van der Waals surface area contributed by atoms with Gasteiger partial charge in [0.05, 0.1) is 20.3 Å². The lowest BCUT2D eigenvalue weighted by Crippen LogP contribution is -2.66. The van der Waals surface area contributed by atoms with Gasteiger partial charge in [-0.25, -0.2) is 4.79 Å². The molecule has 1 heterocycles. The molecule has 1 spiro atoms. The van der Waals surface area contributed by atoms with Crippen LogP contribution in [-0.4, -0.2) is 37.6 Å². The first-order valence-electron chi connectivity index (χ1n) is 7.48. The summed E-state index contributed by atoms with van der Waals surface area (Å²) < 4.78 is 16.8. The molecule has 0 aromatic carbocycles. The summed E-state index contributed by atoms with van der Waals surface area (Å²) >= 11 is 0. The van der Waals surface area contributed by atoms with Gasteiger partial charge >= 0.3 is 5.97 Å². The van der Waals surface area contributed by atoms with Crippen LogP contribution in [0.3, 0.4) is 0 Å². The first-order valence-corrected chi connectivity index (χ1v) is 7.48. The molecule has 2 aliphatic rings. The Morgan fingerprint density at radius 3 is 2.40 bits per heavy atom. The Bertz CT molecular complexity index is 361. The Kier molecular flexibility index (Phi) is 4.42. The molecule has 1 aliphatic heterocycles. The van der Waals surface area contributed by atoms with E-state index in [0.717, 1.165) is 12.8 Å². The largest absolute Gasteiger partial charge is 0.468 e. The van der Waals surface area contributed by atoms with Crippen molar-refractivity contribution in [1.82, 2.24) is 0 Å². The van der Waals surface area contributed by atoms with Crippen molar-refractivity contribution in [3.8, 4) is 0 Å². The van der Waals surface area contributed by atoms with E-state index in [9.17, 15) is 4.79 Å². The number of carbonyl (C=O) groups is 1. The molecule has 5 nitrogen and oxygen atoms in total. The number of nitrogens with two attached hydrogens (primary N) is 1. The van der Waals surface area contributed by atoms with Gasteiger partial charge in [0.2, 0.25) is 0 Å². The van der Waals surface area contributed by atoms with Gasteiger partial charge in [-0.05, 0) is 18.3 Å². The van der Waals surface area contributed by atoms with Gasteiger partial charge in [0.25, 0.3) is 0 Å². The van der Waals surface area contributed by atoms with Crippen LogP contribution in [0.4, 0.5) is 0 Å². The van der Waals surface area contributed by atoms with Crippen molar-refractivity contribution in [2.45, 2.75) is 51.4 Å². The number of rotatable bonds is 2. The van der Waals surface area contributed by atoms with Gasteiger partial charge in [-0.15, -0.1) is 0 Å². The number of methoxy groups -OCH3 is 1. The molecular formula is C15H27NO4. The van der Waals surface area contributed by atoms with Gasteiger partial charge in [0.15, 0.2) is 11.3 Å². The maximum atomic E-state index is 11.7. The SMILES string of the molecule is COC(=O)C1(N)COC2(CC(C)CCC2C(C)C)OC1. The molecule has 2 N–H and O–H groups in total. The molecule has 1 saturated carbocycles. The fourth-order valence-electron chi connectivity index (χ4n) is 3.50. The van der Waals surface area contributed by atoms with Crippen LogP contribution in [0.2, 0.25) is 0 Å². The van der Waals surface area contributed by atoms with E-state index in [0.29, 0.717) is 17.8 Å². The lowest BCUT2D eigenvalue weighted by molar-refractivity contribution is -0.330. The topological polar surface area (TPSA) is 70.8 Å². The molecule has 5 heteroatoms. The van der Waals surface area contributed by atoms with Gasteiger partial charge in [-0.1, -0.05) is 27.2 Å². The van der Waals surface area contributed by atoms with Crippen molar-refractivity contribution in [2.75, 3.05) is 20.3 Å². The smallest absolute Gasteiger partial charge is 0.330 e. The Balaban J connectivity index is 2.14. The Hall–Kier alpha value is -0.650. The molecule has 0 aromatic rings. The van der Waals surface area contributed by atoms with E-state index < -0.39 is 17.3 Å². The van der Waals surface area contributed by atoms with Crippen LogP contribution in [-0.2, 0) is 19.0 Å². The van der Waals surface area contributed by atoms with Crippen LogP contribution in [0.25, 0.3) is 0 Å². The van der Waals surface area contributed by atoms with Crippen molar-refractivity contribution in [2.24, 2.45) is 23.5 Å². The minimum absolute atomic E-state index is 0.162. The fourth-order valence-corrected chi connectivity index (χ4v) is 3.50. The predicted molar refractivity (Wildman–Crippen MR) is 74.9 cm³/mol. The zero-order valence-electron chi connectivity index (χ0n) is 13.0. The Labute approximate surface area is 121 Å². The number of ether oxygens (including phenoxy) is 3. The third-order valence-corrected chi connectivity index (χ3v) is 4.71. The van der Waals surface area contributed by atoms with Crippen molar-refractivity contribution in [1.29, 1.82) is 0 Å². The van der Waals surface area contributed by atoms with E-state index in [4.69, 9.17) is 19.9 Å². The summed E-state index contributed by atoms with van der Waals surface area (Å²) in [6, 6.07) is 0. The number of hydrogen-bond donors (Lipinski definition) is 1. The average Bonchev–Trinajstić information content (AvgIpc) is 2.41. The van der Waals surface area contributed by atoms with E-state index in [1.807, 2.05) is 0 Å². The van der Waals surface area contributed by atoms with Crippen LogP contribution in [0.5, 0.6) is 0 Å². The van der Waals surface area contributed by atoms with E-state index in [1.165, 1.54) is 13.5 Å². The molecule has 0 radical (unpaired) electrons. The lowest BCUT2D eigenvalue weighted by atomic mass is 9.72. The summed E-state index contributed by atoms with van der Waals surface area (Å²) in [5.74, 6) is 0.334. The minimum atomic E-state index is -1.18. The first-order chi connectivity index (χ1) is 9.33. The molecule has 2 unspecified atom stereocenters. The normalized spacial score (nSPS) is 41.9. The summed E-state index contributed by atoms with van der Waals surface area (Å²) in [6.45, 7) is 6.93. The molecule has 0 aromatic heterocycles. The summed E-state index contributed by atoms with van der Waals surface area (Å²) in [5.41, 5.74) is 4.86. The van der Waals surface area contributed by atoms with Gasteiger partial charge in [-0.3, -0.25) is 0 Å². The fraction of sp³-hybridized carbons (Fsp3) is 0.933. The quantitative estimate of drug-likeness (QED) is 0.782. The molecule has 20 heavy (non-hydrogen) atoms. The summed E-state index contributed by atoms with van der Waals surface area (Å²) in [6.07, 6.45) is 3.16. The molecule has 116 valence electrons. The van der Waals surface area contributed by atoms with Gasteiger partial charge in [-0.2, -0.15) is 0 Å². The molecule has 1 saturated heterocycles. The van der Waals surface area contributed by atoms with Gasteiger partial charge in [0, 0.05) is 12.3 Å². The second-order valence-electron chi connectivity index (χ2n) is 6.77. The Morgan fingerprint density at radius 2 is 1.90 bits per heavy atom. The average molecular weight is 285 g/mol. The van der Waals surface area contributed by atoms with Crippen LogP contribution in [0.15, 0.2) is 0 Å². The van der Waals surface area contributed by atoms with E-state index in [-0.39, 0.29) is 13.2 Å². The lowest BCUT2D eigenvalue weighted by Gasteiger charge is -2.51. The van der Waals surface area contributed by atoms with E-state index >= 15 is 0 Å². The van der Waals surface area contributed by atoms with Crippen LogP contribution in [0.1, 0.15) is 40.0 Å². The summed E-state index contributed by atoms with van der Waals surface area (Å²) in [5, 5.41) is 0. The molecule has 2 atom stereocenters. The van der Waals surface area contributed by atoms with Crippen molar-refractivity contribution < 1.29 is 19.0 Å². The van der Waals surface area contributed by atoms with Gasteiger partial charge in [0.1, 0.15) is 0 Å². The third-order valence-electron chi connectivity index (χ3n) is 4.71. The summed E-state index contributed by atoms with van der Waals surface area (Å²) in [4.78, 5) is 11.7. The van der Waals surface area contributed by atoms with Crippen molar-refractivity contribution >= 4 is 5.97 Å². The summed E-state index contributed by atoms with van der Waals surface area (Å²) in [7, 11) is 1.33. The third kappa shape index (κ3) is 2.71. The van der Waals surface area contributed by atoms with Crippen LogP contribution in [0, 0.1) is 17.8 Å². The van der Waals surface area contributed by atoms with E-state index in [1.54, 1.807) is 0 Å². The molecular weight excluding hydrogens is 258 g/mol. The molecule has 0 bridgehead atoms. The Morgan fingerprint density at radius 1 is 1.30 bits per heavy atom. The maximum absolute atomic E-state index is 11.7. The minimum Gasteiger partial charge on any atom is -0.468 e. The zero-order chi connectivity index (χ0) is 15.0. The highest BCUT2D eigenvalue weighted by Gasteiger charge is 2.53. The molecule has 0 amide bonds. The second-order valence-corrected chi connectivity index (χ2v) is 6.77. The van der Waals surface area contributed by atoms with Gasteiger partial charge < -0.3 is 19.9 Å². The van der Waals surface area contributed by atoms with Crippen molar-refractivity contribution in [3.63, 3.8) is 0 Å². The standard InChI is InChI=1S/C15H27NO4/c1-10(2)12-6-5-11(3)7-15(12)19-8-14(16,9-20-15)13(17)18-4/h10-12H,5-9,16H2,1-4H3. The maximum Gasteiger partial charge on any atom is 0.330 e. The highest BCUT2D eigenvalue weighted by molar-refractivity contribution is 5.81.